The highest BCUT2D eigenvalue weighted by Gasteiger charge is 2.03. The van der Waals surface area contributed by atoms with Gasteiger partial charge in [-0.05, 0) is 24.5 Å². The number of anilines is 2. The molecule has 0 aromatic carbocycles. The molecule has 2 aromatic rings. The zero-order valence-electron chi connectivity index (χ0n) is 13.1. The third-order valence-corrected chi connectivity index (χ3v) is 3.06. The summed E-state index contributed by atoms with van der Waals surface area (Å²) in [5.41, 5.74) is 1.79. The van der Waals surface area contributed by atoms with E-state index in [4.69, 9.17) is 5.11 Å². The maximum Gasteiger partial charge on any atom is 0.129 e. The van der Waals surface area contributed by atoms with Crippen LogP contribution in [-0.2, 0) is 0 Å². The second kappa shape index (κ2) is 8.29. The van der Waals surface area contributed by atoms with E-state index in [0.717, 1.165) is 29.4 Å². The Bertz CT molecular complexity index is 571. The van der Waals surface area contributed by atoms with Crippen LogP contribution in [0.1, 0.15) is 20.3 Å². The molecule has 0 radical (unpaired) electrons. The van der Waals surface area contributed by atoms with E-state index in [-0.39, 0.29) is 6.61 Å². The lowest BCUT2D eigenvalue weighted by Gasteiger charge is -2.09. The average Bonchev–Trinajstić information content (AvgIpc) is 2.54. The van der Waals surface area contributed by atoms with E-state index in [0.29, 0.717) is 18.9 Å². The fourth-order valence-corrected chi connectivity index (χ4v) is 1.87. The summed E-state index contributed by atoms with van der Waals surface area (Å²) >= 11 is 0. The standard InChI is InChI=1S/C16H23N5O/c1-12(2)9-18-16-8-14(20-11-21-16)13-4-5-15(19-10-13)17-6-3-7-22/h4-5,8,10-12,22H,3,6-7,9H2,1-2H3,(H,17,19)(H,18,20,21). The highest BCUT2D eigenvalue weighted by Crippen LogP contribution is 2.19. The lowest BCUT2D eigenvalue weighted by molar-refractivity contribution is 0.292. The fraction of sp³-hybridized carbons (Fsp3) is 0.438. The Balaban J connectivity index is 2.03. The molecule has 6 nitrogen and oxygen atoms in total. The molecular formula is C16H23N5O. The molecule has 0 saturated carbocycles. The van der Waals surface area contributed by atoms with Crippen LogP contribution in [0.2, 0.25) is 0 Å². The lowest BCUT2D eigenvalue weighted by Crippen LogP contribution is -2.09. The zero-order valence-corrected chi connectivity index (χ0v) is 13.1. The molecule has 22 heavy (non-hydrogen) atoms. The number of nitrogens with one attached hydrogen (secondary N) is 2. The number of aliphatic hydroxyl groups excluding tert-OH is 1. The van der Waals surface area contributed by atoms with Crippen molar-refractivity contribution in [3.63, 3.8) is 0 Å². The topological polar surface area (TPSA) is 83.0 Å². The molecule has 0 aliphatic rings. The molecule has 0 fully saturated rings. The van der Waals surface area contributed by atoms with Gasteiger partial charge in [0.15, 0.2) is 0 Å². The molecular weight excluding hydrogens is 278 g/mol. The number of aromatic nitrogens is 3. The van der Waals surface area contributed by atoms with E-state index in [1.807, 2.05) is 18.2 Å². The smallest absolute Gasteiger partial charge is 0.129 e. The Hall–Kier alpha value is -2.21. The van der Waals surface area contributed by atoms with E-state index in [1.165, 1.54) is 0 Å². The Morgan fingerprint density at radius 1 is 1.09 bits per heavy atom. The van der Waals surface area contributed by atoms with Crippen molar-refractivity contribution < 1.29 is 5.11 Å². The molecule has 0 amide bonds. The molecule has 3 N–H and O–H groups in total. The Kier molecular flexibility index (Phi) is 6.09. The van der Waals surface area contributed by atoms with Gasteiger partial charge in [-0.25, -0.2) is 15.0 Å². The number of hydrogen-bond donors (Lipinski definition) is 3. The Morgan fingerprint density at radius 3 is 2.64 bits per heavy atom. The second-order valence-corrected chi connectivity index (χ2v) is 5.50. The molecule has 2 heterocycles. The molecule has 0 aliphatic heterocycles. The van der Waals surface area contributed by atoms with Crippen molar-refractivity contribution in [1.29, 1.82) is 0 Å². The minimum Gasteiger partial charge on any atom is -0.396 e. The lowest BCUT2D eigenvalue weighted by atomic mass is 10.2. The van der Waals surface area contributed by atoms with Gasteiger partial charge >= 0.3 is 0 Å². The quantitative estimate of drug-likeness (QED) is 0.649. The van der Waals surface area contributed by atoms with Crippen LogP contribution in [-0.4, -0.2) is 39.8 Å². The Morgan fingerprint density at radius 2 is 1.95 bits per heavy atom. The first-order valence-corrected chi connectivity index (χ1v) is 7.56. The average molecular weight is 301 g/mol. The van der Waals surface area contributed by atoms with Crippen molar-refractivity contribution in [3.8, 4) is 11.3 Å². The van der Waals surface area contributed by atoms with E-state index in [2.05, 4.69) is 39.4 Å². The predicted molar refractivity (Wildman–Crippen MR) is 88.8 cm³/mol. The van der Waals surface area contributed by atoms with Gasteiger partial charge in [-0.15, -0.1) is 0 Å². The summed E-state index contributed by atoms with van der Waals surface area (Å²) in [6, 6.07) is 5.82. The monoisotopic (exact) mass is 301 g/mol. The molecule has 0 saturated heterocycles. The minimum absolute atomic E-state index is 0.179. The van der Waals surface area contributed by atoms with E-state index in [1.54, 1.807) is 12.5 Å². The van der Waals surface area contributed by atoms with Crippen molar-refractivity contribution in [1.82, 2.24) is 15.0 Å². The number of hydrogen-bond acceptors (Lipinski definition) is 6. The van der Waals surface area contributed by atoms with Crippen LogP contribution >= 0.6 is 0 Å². The number of aliphatic hydroxyl groups is 1. The third-order valence-electron chi connectivity index (χ3n) is 3.06. The highest BCUT2D eigenvalue weighted by molar-refractivity contribution is 5.62. The second-order valence-electron chi connectivity index (χ2n) is 5.50. The summed E-state index contributed by atoms with van der Waals surface area (Å²) in [4.78, 5) is 12.9. The van der Waals surface area contributed by atoms with Crippen molar-refractivity contribution in [2.75, 3.05) is 30.3 Å². The van der Waals surface area contributed by atoms with Crippen LogP contribution in [0.15, 0.2) is 30.7 Å². The molecule has 2 rings (SSSR count). The van der Waals surface area contributed by atoms with Crippen molar-refractivity contribution in [3.05, 3.63) is 30.7 Å². The molecule has 0 unspecified atom stereocenters. The van der Waals surface area contributed by atoms with Gasteiger partial charge in [0, 0.05) is 37.5 Å². The van der Waals surface area contributed by atoms with Gasteiger partial charge in [0.2, 0.25) is 0 Å². The first kappa shape index (κ1) is 16.2. The summed E-state index contributed by atoms with van der Waals surface area (Å²) in [6.07, 6.45) is 4.06. The zero-order chi connectivity index (χ0) is 15.8. The summed E-state index contributed by atoms with van der Waals surface area (Å²) in [5.74, 6) is 2.18. The maximum atomic E-state index is 8.76. The SMILES string of the molecule is CC(C)CNc1cc(-c2ccc(NCCCO)nc2)ncn1. The van der Waals surface area contributed by atoms with Gasteiger partial charge < -0.3 is 15.7 Å². The van der Waals surface area contributed by atoms with Crippen LogP contribution in [0, 0.1) is 5.92 Å². The van der Waals surface area contributed by atoms with E-state index in [9.17, 15) is 0 Å². The van der Waals surface area contributed by atoms with Crippen molar-refractivity contribution in [2.24, 2.45) is 5.92 Å². The maximum absolute atomic E-state index is 8.76. The summed E-state index contributed by atoms with van der Waals surface area (Å²) in [7, 11) is 0. The molecule has 0 bridgehead atoms. The first-order chi connectivity index (χ1) is 10.7. The van der Waals surface area contributed by atoms with Crippen molar-refractivity contribution in [2.45, 2.75) is 20.3 Å². The van der Waals surface area contributed by atoms with Gasteiger partial charge in [0.25, 0.3) is 0 Å². The summed E-state index contributed by atoms with van der Waals surface area (Å²) < 4.78 is 0. The van der Waals surface area contributed by atoms with Crippen LogP contribution in [0.4, 0.5) is 11.6 Å². The van der Waals surface area contributed by atoms with Crippen LogP contribution < -0.4 is 10.6 Å². The molecule has 6 heteroatoms. The molecule has 0 atom stereocenters. The number of rotatable bonds is 8. The van der Waals surface area contributed by atoms with Crippen LogP contribution in [0.5, 0.6) is 0 Å². The number of nitrogens with zero attached hydrogens (tertiary/aromatic N) is 3. The fourth-order valence-electron chi connectivity index (χ4n) is 1.87. The minimum atomic E-state index is 0.179. The highest BCUT2D eigenvalue weighted by atomic mass is 16.3. The molecule has 0 spiro atoms. The van der Waals surface area contributed by atoms with E-state index >= 15 is 0 Å². The van der Waals surface area contributed by atoms with Crippen molar-refractivity contribution >= 4 is 11.6 Å². The van der Waals surface area contributed by atoms with Gasteiger partial charge in [0.1, 0.15) is 18.0 Å². The largest absolute Gasteiger partial charge is 0.396 e. The van der Waals surface area contributed by atoms with Crippen LogP contribution in [0.25, 0.3) is 11.3 Å². The normalized spacial score (nSPS) is 10.7. The van der Waals surface area contributed by atoms with Gasteiger partial charge in [-0.2, -0.15) is 0 Å². The first-order valence-electron chi connectivity index (χ1n) is 7.56. The molecule has 118 valence electrons. The molecule has 0 aliphatic carbocycles. The summed E-state index contributed by atoms with van der Waals surface area (Å²) in [5, 5.41) is 15.2. The van der Waals surface area contributed by atoms with E-state index < -0.39 is 0 Å². The van der Waals surface area contributed by atoms with Gasteiger partial charge in [-0.1, -0.05) is 13.8 Å². The van der Waals surface area contributed by atoms with Crippen LogP contribution in [0.3, 0.4) is 0 Å². The third kappa shape index (κ3) is 4.96. The number of pyridine rings is 1. The predicted octanol–water partition coefficient (Wildman–Crippen LogP) is 2.40. The van der Waals surface area contributed by atoms with Gasteiger partial charge in [0.05, 0.1) is 5.69 Å². The molecule has 2 aromatic heterocycles. The Labute approximate surface area is 131 Å². The van der Waals surface area contributed by atoms with Gasteiger partial charge in [-0.3, -0.25) is 0 Å². The summed E-state index contributed by atoms with van der Waals surface area (Å²) in [6.45, 7) is 6.07.